The van der Waals surface area contributed by atoms with Gasteiger partial charge in [0.1, 0.15) is 12.3 Å². The van der Waals surface area contributed by atoms with E-state index in [9.17, 15) is 15.0 Å². The molecule has 1 aliphatic rings. The number of anilines is 1. The van der Waals surface area contributed by atoms with E-state index in [0.717, 1.165) is 11.3 Å². The van der Waals surface area contributed by atoms with Gasteiger partial charge >= 0.3 is 5.97 Å². The second-order valence-electron chi connectivity index (χ2n) is 5.57. The fourth-order valence-electron chi connectivity index (χ4n) is 2.70. The molecule has 0 radical (unpaired) electrons. The maximum atomic E-state index is 10.7. The SMILES string of the molecule is CN1c2ccccc2C(O)N(CCCCC(N)C(=O)O)C1O. The molecule has 1 aromatic carbocycles. The number of carboxylic acids is 1. The Morgan fingerprint density at radius 2 is 2.00 bits per heavy atom. The van der Waals surface area contributed by atoms with Gasteiger partial charge in [-0.05, 0) is 18.9 Å². The monoisotopic (exact) mass is 309 g/mol. The van der Waals surface area contributed by atoms with E-state index in [1.165, 1.54) is 0 Å². The molecule has 7 heteroatoms. The molecule has 0 saturated heterocycles. The summed E-state index contributed by atoms with van der Waals surface area (Å²) in [5.74, 6) is -1.01. The molecule has 22 heavy (non-hydrogen) atoms. The van der Waals surface area contributed by atoms with Gasteiger partial charge in [-0.25, -0.2) is 4.90 Å². The van der Waals surface area contributed by atoms with Gasteiger partial charge in [0, 0.05) is 24.8 Å². The molecule has 5 N–H and O–H groups in total. The van der Waals surface area contributed by atoms with Crippen molar-refractivity contribution in [3.63, 3.8) is 0 Å². The maximum absolute atomic E-state index is 10.7. The Morgan fingerprint density at radius 1 is 1.32 bits per heavy atom. The fourth-order valence-corrected chi connectivity index (χ4v) is 2.70. The zero-order valence-corrected chi connectivity index (χ0v) is 12.6. The van der Waals surface area contributed by atoms with Crippen LogP contribution < -0.4 is 10.6 Å². The number of hydrogen-bond acceptors (Lipinski definition) is 6. The number of carboxylic acid groups (broad SMARTS) is 1. The van der Waals surface area contributed by atoms with Crippen LogP contribution >= 0.6 is 0 Å². The van der Waals surface area contributed by atoms with Crippen molar-refractivity contribution in [2.75, 3.05) is 18.5 Å². The van der Waals surface area contributed by atoms with Crippen LogP contribution in [0.1, 0.15) is 31.1 Å². The van der Waals surface area contributed by atoms with E-state index in [-0.39, 0.29) is 0 Å². The largest absolute Gasteiger partial charge is 0.480 e. The summed E-state index contributed by atoms with van der Waals surface area (Å²) in [6.45, 7) is 0.452. The average molecular weight is 309 g/mol. The van der Waals surface area contributed by atoms with Crippen LogP contribution in [0.25, 0.3) is 0 Å². The number of nitrogens with zero attached hydrogens (tertiary/aromatic N) is 2. The number of aliphatic hydroxyl groups excluding tert-OH is 2. The molecule has 2 rings (SSSR count). The summed E-state index contributed by atoms with van der Waals surface area (Å²) in [7, 11) is 1.77. The molecule has 3 unspecified atom stereocenters. The number of unbranched alkanes of at least 4 members (excludes halogenated alkanes) is 1. The molecule has 0 aliphatic carbocycles. The molecule has 0 spiro atoms. The van der Waals surface area contributed by atoms with Crippen molar-refractivity contribution in [1.82, 2.24) is 4.90 Å². The maximum Gasteiger partial charge on any atom is 0.320 e. The molecule has 122 valence electrons. The summed E-state index contributed by atoms with van der Waals surface area (Å²) in [4.78, 5) is 13.9. The first-order chi connectivity index (χ1) is 10.4. The Labute approximate surface area is 129 Å². The first kappa shape index (κ1) is 16.7. The third-order valence-electron chi connectivity index (χ3n) is 4.05. The Kier molecular flexibility index (Phi) is 5.36. The van der Waals surface area contributed by atoms with E-state index in [4.69, 9.17) is 10.8 Å². The van der Waals surface area contributed by atoms with E-state index < -0.39 is 24.6 Å². The quantitative estimate of drug-likeness (QED) is 0.559. The van der Waals surface area contributed by atoms with Gasteiger partial charge in [-0.2, -0.15) is 0 Å². The predicted octanol–water partition coefficient (Wildman–Crippen LogP) is 0.287. The highest BCUT2D eigenvalue weighted by Crippen LogP contribution is 2.35. The molecule has 7 nitrogen and oxygen atoms in total. The van der Waals surface area contributed by atoms with Crippen LogP contribution in [0.15, 0.2) is 24.3 Å². The lowest BCUT2D eigenvalue weighted by molar-refractivity contribution is -0.138. The average Bonchev–Trinajstić information content (AvgIpc) is 2.51. The van der Waals surface area contributed by atoms with E-state index >= 15 is 0 Å². The van der Waals surface area contributed by atoms with Gasteiger partial charge in [-0.1, -0.05) is 24.6 Å². The Bertz CT molecular complexity index is 525. The third kappa shape index (κ3) is 3.38. The summed E-state index contributed by atoms with van der Waals surface area (Å²) >= 11 is 0. The van der Waals surface area contributed by atoms with Gasteiger partial charge in [-0.15, -0.1) is 0 Å². The van der Waals surface area contributed by atoms with E-state index in [0.29, 0.717) is 25.8 Å². The molecule has 0 amide bonds. The molecule has 0 saturated carbocycles. The lowest BCUT2D eigenvalue weighted by Gasteiger charge is -2.44. The van der Waals surface area contributed by atoms with Crippen molar-refractivity contribution in [1.29, 1.82) is 0 Å². The molecule has 1 aliphatic heterocycles. The zero-order valence-electron chi connectivity index (χ0n) is 12.6. The van der Waals surface area contributed by atoms with Crippen LogP contribution in [-0.4, -0.2) is 52.2 Å². The summed E-state index contributed by atoms with van der Waals surface area (Å²) < 4.78 is 0. The predicted molar refractivity (Wildman–Crippen MR) is 82.0 cm³/mol. The smallest absolute Gasteiger partial charge is 0.320 e. The lowest BCUT2D eigenvalue weighted by Crippen LogP contribution is -2.52. The second-order valence-corrected chi connectivity index (χ2v) is 5.57. The highest BCUT2D eigenvalue weighted by atomic mass is 16.4. The molecular weight excluding hydrogens is 286 g/mol. The van der Waals surface area contributed by atoms with Gasteiger partial charge in [0.25, 0.3) is 0 Å². The first-order valence-corrected chi connectivity index (χ1v) is 7.35. The van der Waals surface area contributed by atoms with Crippen molar-refractivity contribution < 1.29 is 20.1 Å². The minimum Gasteiger partial charge on any atom is -0.480 e. The van der Waals surface area contributed by atoms with E-state index in [2.05, 4.69) is 0 Å². The Hall–Kier alpha value is -1.67. The molecule has 0 fully saturated rings. The van der Waals surface area contributed by atoms with Crippen molar-refractivity contribution in [2.24, 2.45) is 5.73 Å². The molecule has 0 bridgehead atoms. The number of benzene rings is 1. The third-order valence-corrected chi connectivity index (χ3v) is 4.05. The van der Waals surface area contributed by atoms with Crippen LogP contribution in [0.4, 0.5) is 5.69 Å². The van der Waals surface area contributed by atoms with Gasteiger partial charge in [0.2, 0.25) is 0 Å². The van der Waals surface area contributed by atoms with Crippen LogP contribution in [0.3, 0.4) is 0 Å². The molecular formula is C15H23N3O4. The molecule has 1 heterocycles. The van der Waals surface area contributed by atoms with Crippen LogP contribution in [0.5, 0.6) is 0 Å². The number of nitrogens with two attached hydrogens (primary N) is 1. The summed E-state index contributed by atoms with van der Waals surface area (Å²) in [6.07, 6.45) is -0.157. The number of aliphatic hydroxyl groups is 2. The number of carbonyl (C=O) groups is 1. The summed E-state index contributed by atoms with van der Waals surface area (Å²) in [6, 6.07) is 6.52. The van der Waals surface area contributed by atoms with Gasteiger partial charge in [0.05, 0.1) is 0 Å². The second kappa shape index (κ2) is 7.06. The Morgan fingerprint density at radius 3 is 2.68 bits per heavy atom. The summed E-state index contributed by atoms with van der Waals surface area (Å²) in [5.41, 5.74) is 7.00. The number of fused-ring (bicyclic) bond motifs is 1. The van der Waals surface area contributed by atoms with Gasteiger partial charge in [0.15, 0.2) is 6.35 Å². The topological polar surface area (TPSA) is 110 Å². The highest BCUT2D eigenvalue weighted by Gasteiger charge is 2.34. The van der Waals surface area contributed by atoms with Gasteiger partial charge in [-0.3, -0.25) is 4.79 Å². The van der Waals surface area contributed by atoms with Crippen LogP contribution in [0, 0.1) is 0 Å². The normalized spacial score (nSPS) is 23.2. The van der Waals surface area contributed by atoms with E-state index in [1.807, 2.05) is 24.3 Å². The number of hydrogen-bond donors (Lipinski definition) is 4. The van der Waals surface area contributed by atoms with Crippen LogP contribution in [-0.2, 0) is 4.79 Å². The zero-order chi connectivity index (χ0) is 16.3. The van der Waals surface area contributed by atoms with E-state index in [1.54, 1.807) is 16.8 Å². The molecule has 1 aromatic rings. The minimum atomic E-state index is -1.01. The molecule has 0 aromatic heterocycles. The van der Waals surface area contributed by atoms with Crippen molar-refractivity contribution >= 4 is 11.7 Å². The van der Waals surface area contributed by atoms with Gasteiger partial charge < -0.3 is 26.0 Å². The highest BCUT2D eigenvalue weighted by molar-refractivity contribution is 5.72. The van der Waals surface area contributed by atoms with Crippen molar-refractivity contribution in [3.8, 4) is 0 Å². The number of para-hydroxylation sites is 1. The minimum absolute atomic E-state index is 0.377. The first-order valence-electron chi connectivity index (χ1n) is 7.35. The Balaban J connectivity index is 1.96. The van der Waals surface area contributed by atoms with Crippen molar-refractivity contribution in [2.45, 2.75) is 37.9 Å². The standard InChI is InChI=1S/C15H23N3O4/c1-17-12-8-3-2-6-10(12)13(19)18(15(17)22)9-5-4-7-11(16)14(20)21/h2-3,6,8,11,13,15,19,22H,4-5,7,9,16H2,1H3,(H,20,21). The number of aliphatic carboxylic acids is 1. The summed E-state index contributed by atoms with van der Waals surface area (Å²) in [5, 5.41) is 29.5. The molecule has 3 atom stereocenters. The van der Waals surface area contributed by atoms with Crippen LogP contribution in [0.2, 0.25) is 0 Å². The van der Waals surface area contributed by atoms with Crippen molar-refractivity contribution in [3.05, 3.63) is 29.8 Å². The fraction of sp³-hybridized carbons (Fsp3) is 0.533. The number of rotatable bonds is 6. The lowest BCUT2D eigenvalue weighted by atomic mass is 10.1.